The lowest BCUT2D eigenvalue weighted by Gasteiger charge is -2.14. The average Bonchev–Trinajstić information content (AvgIpc) is 2.48. The Morgan fingerprint density at radius 2 is 2.15 bits per heavy atom. The fourth-order valence-electron chi connectivity index (χ4n) is 2.20. The van der Waals surface area contributed by atoms with Crippen LogP contribution in [0.2, 0.25) is 0 Å². The third kappa shape index (κ3) is 1.37. The topological polar surface area (TPSA) is 20.2 Å². The molecule has 0 fully saturated rings. The second-order valence-corrected chi connectivity index (χ2v) is 4.13. The maximum atomic E-state index is 9.81. The van der Waals surface area contributed by atoms with Gasteiger partial charge < -0.3 is 5.11 Å². The molecule has 0 heterocycles. The summed E-state index contributed by atoms with van der Waals surface area (Å²) < 4.78 is 0. The van der Waals surface area contributed by atoms with Crippen LogP contribution in [0.1, 0.15) is 49.0 Å². The number of benzene rings is 1. The Morgan fingerprint density at radius 1 is 1.38 bits per heavy atom. The second kappa shape index (κ2) is 3.15. The first-order valence-corrected chi connectivity index (χ1v) is 5.00. The van der Waals surface area contributed by atoms with Crippen molar-refractivity contribution in [3.8, 4) is 0 Å². The normalized spacial score (nSPS) is 20.8. The number of aliphatic hydroxyl groups excluding tert-OH is 1. The van der Waals surface area contributed by atoms with Crippen LogP contribution in [-0.2, 0) is 6.42 Å². The Balaban J connectivity index is 2.53. The van der Waals surface area contributed by atoms with Gasteiger partial charge in [-0.05, 0) is 35.4 Å². The molecule has 1 aliphatic carbocycles. The van der Waals surface area contributed by atoms with Crippen molar-refractivity contribution >= 4 is 0 Å². The summed E-state index contributed by atoms with van der Waals surface area (Å²) in [6, 6.07) is 6.38. The summed E-state index contributed by atoms with van der Waals surface area (Å²) in [4.78, 5) is 0. The van der Waals surface area contributed by atoms with Crippen molar-refractivity contribution in [3.05, 3.63) is 34.9 Å². The Hall–Kier alpha value is -0.820. The highest BCUT2D eigenvalue weighted by atomic mass is 16.3. The van der Waals surface area contributed by atoms with E-state index in [0.717, 1.165) is 12.8 Å². The van der Waals surface area contributed by atoms with Crippen LogP contribution in [0, 0.1) is 0 Å². The van der Waals surface area contributed by atoms with Gasteiger partial charge in [-0.2, -0.15) is 0 Å². The van der Waals surface area contributed by atoms with Crippen molar-refractivity contribution < 1.29 is 5.11 Å². The number of aliphatic hydroxyl groups is 1. The summed E-state index contributed by atoms with van der Waals surface area (Å²) >= 11 is 0. The van der Waals surface area contributed by atoms with Gasteiger partial charge in [0, 0.05) is 0 Å². The molecule has 13 heavy (non-hydrogen) atoms. The highest BCUT2D eigenvalue weighted by Crippen LogP contribution is 2.36. The molecule has 0 amide bonds. The second-order valence-electron chi connectivity index (χ2n) is 4.13. The standard InChI is InChI=1S/C12H16O/c1-8(2)10-5-3-4-9-6-7-11(13)12(9)10/h3-5,8,11,13H,6-7H2,1-2H3. The molecule has 2 rings (SSSR count). The van der Waals surface area contributed by atoms with Crippen molar-refractivity contribution in [2.45, 2.75) is 38.7 Å². The van der Waals surface area contributed by atoms with Crippen LogP contribution in [-0.4, -0.2) is 5.11 Å². The van der Waals surface area contributed by atoms with Crippen molar-refractivity contribution in [2.75, 3.05) is 0 Å². The van der Waals surface area contributed by atoms with Crippen LogP contribution in [0.25, 0.3) is 0 Å². The molecule has 1 heteroatoms. The first-order valence-electron chi connectivity index (χ1n) is 5.00. The fraction of sp³-hybridized carbons (Fsp3) is 0.500. The molecular weight excluding hydrogens is 160 g/mol. The highest BCUT2D eigenvalue weighted by Gasteiger charge is 2.23. The van der Waals surface area contributed by atoms with E-state index in [-0.39, 0.29) is 6.10 Å². The third-order valence-electron chi connectivity index (χ3n) is 2.87. The number of fused-ring (bicyclic) bond motifs is 1. The predicted octanol–water partition coefficient (Wildman–Crippen LogP) is 2.79. The van der Waals surface area contributed by atoms with E-state index in [9.17, 15) is 5.11 Å². The Kier molecular flexibility index (Phi) is 2.12. The van der Waals surface area contributed by atoms with E-state index in [1.165, 1.54) is 16.7 Å². The lowest BCUT2D eigenvalue weighted by atomic mass is 9.94. The van der Waals surface area contributed by atoms with Crippen molar-refractivity contribution in [2.24, 2.45) is 0 Å². The van der Waals surface area contributed by atoms with E-state index < -0.39 is 0 Å². The summed E-state index contributed by atoms with van der Waals surface area (Å²) in [5.74, 6) is 0.516. The van der Waals surface area contributed by atoms with Crippen LogP contribution in [0.15, 0.2) is 18.2 Å². The zero-order chi connectivity index (χ0) is 9.42. The van der Waals surface area contributed by atoms with E-state index in [0.29, 0.717) is 5.92 Å². The predicted molar refractivity (Wildman–Crippen MR) is 53.8 cm³/mol. The summed E-state index contributed by atoms with van der Waals surface area (Å²) in [7, 11) is 0. The summed E-state index contributed by atoms with van der Waals surface area (Å²) in [6.07, 6.45) is 1.73. The lowest BCUT2D eigenvalue weighted by Crippen LogP contribution is -1.99. The van der Waals surface area contributed by atoms with Gasteiger partial charge >= 0.3 is 0 Å². The van der Waals surface area contributed by atoms with E-state index >= 15 is 0 Å². The zero-order valence-corrected chi connectivity index (χ0v) is 8.25. The minimum atomic E-state index is -0.214. The molecule has 70 valence electrons. The largest absolute Gasteiger partial charge is 0.388 e. The molecule has 0 bridgehead atoms. The molecular formula is C12H16O. The molecule has 1 atom stereocenters. The molecule has 0 saturated heterocycles. The highest BCUT2D eigenvalue weighted by molar-refractivity contribution is 5.41. The lowest BCUT2D eigenvalue weighted by molar-refractivity contribution is 0.179. The number of rotatable bonds is 1. The van der Waals surface area contributed by atoms with E-state index in [2.05, 4.69) is 32.0 Å². The monoisotopic (exact) mass is 176 g/mol. The molecule has 1 unspecified atom stereocenters. The third-order valence-corrected chi connectivity index (χ3v) is 2.87. The van der Waals surface area contributed by atoms with Gasteiger partial charge in [-0.1, -0.05) is 32.0 Å². The average molecular weight is 176 g/mol. The minimum Gasteiger partial charge on any atom is -0.388 e. The van der Waals surface area contributed by atoms with Gasteiger partial charge in [0.1, 0.15) is 0 Å². The fourth-order valence-corrected chi connectivity index (χ4v) is 2.20. The van der Waals surface area contributed by atoms with Crippen molar-refractivity contribution in [3.63, 3.8) is 0 Å². The summed E-state index contributed by atoms with van der Waals surface area (Å²) in [6.45, 7) is 4.36. The van der Waals surface area contributed by atoms with Crippen molar-refractivity contribution in [1.82, 2.24) is 0 Å². The van der Waals surface area contributed by atoms with Crippen LogP contribution in [0.3, 0.4) is 0 Å². The van der Waals surface area contributed by atoms with Crippen LogP contribution < -0.4 is 0 Å². The molecule has 0 aromatic heterocycles. The molecule has 0 spiro atoms. The molecule has 1 N–H and O–H groups in total. The SMILES string of the molecule is CC(C)c1cccc2c1C(O)CC2. The minimum absolute atomic E-state index is 0.214. The van der Waals surface area contributed by atoms with Gasteiger partial charge in [-0.3, -0.25) is 0 Å². The Morgan fingerprint density at radius 3 is 2.85 bits per heavy atom. The van der Waals surface area contributed by atoms with Gasteiger partial charge in [0.2, 0.25) is 0 Å². The molecule has 1 nitrogen and oxygen atoms in total. The molecule has 1 aromatic carbocycles. The quantitative estimate of drug-likeness (QED) is 0.697. The van der Waals surface area contributed by atoms with Gasteiger partial charge in [0.25, 0.3) is 0 Å². The maximum absolute atomic E-state index is 9.81. The maximum Gasteiger partial charge on any atom is 0.0798 e. The van der Waals surface area contributed by atoms with Crippen molar-refractivity contribution in [1.29, 1.82) is 0 Å². The van der Waals surface area contributed by atoms with Gasteiger partial charge in [0.15, 0.2) is 0 Å². The van der Waals surface area contributed by atoms with Crippen LogP contribution in [0.5, 0.6) is 0 Å². The summed E-state index contributed by atoms with van der Waals surface area (Å²) in [5, 5.41) is 9.81. The van der Waals surface area contributed by atoms with Crippen LogP contribution >= 0.6 is 0 Å². The van der Waals surface area contributed by atoms with Gasteiger partial charge in [-0.25, -0.2) is 0 Å². The van der Waals surface area contributed by atoms with Gasteiger partial charge in [-0.15, -0.1) is 0 Å². The Bertz CT molecular complexity index is 315. The number of aryl methyl sites for hydroxylation is 1. The summed E-state index contributed by atoms with van der Waals surface area (Å²) in [5.41, 5.74) is 3.87. The van der Waals surface area contributed by atoms with E-state index in [1.807, 2.05) is 0 Å². The van der Waals surface area contributed by atoms with Crippen LogP contribution in [0.4, 0.5) is 0 Å². The first kappa shape index (κ1) is 8.76. The molecule has 0 aliphatic heterocycles. The molecule has 1 aromatic rings. The zero-order valence-electron chi connectivity index (χ0n) is 8.25. The van der Waals surface area contributed by atoms with Gasteiger partial charge in [0.05, 0.1) is 6.10 Å². The smallest absolute Gasteiger partial charge is 0.0798 e. The molecule has 0 radical (unpaired) electrons. The Labute approximate surface area is 79.4 Å². The number of hydrogen-bond acceptors (Lipinski definition) is 1. The first-order chi connectivity index (χ1) is 6.20. The molecule has 0 saturated carbocycles. The number of hydrogen-bond donors (Lipinski definition) is 1. The van der Waals surface area contributed by atoms with E-state index in [1.54, 1.807) is 0 Å². The van der Waals surface area contributed by atoms with E-state index in [4.69, 9.17) is 0 Å². The molecule has 1 aliphatic rings.